The maximum absolute atomic E-state index is 11.7. The summed E-state index contributed by atoms with van der Waals surface area (Å²) in [5.74, 6) is -0.375. The molecule has 20 heavy (non-hydrogen) atoms. The second-order valence-electron chi connectivity index (χ2n) is 3.87. The quantitative estimate of drug-likeness (QED) is 0.281. The first kappa shape index (κ1) is 16.6. The van der Waals surface area contributed by atoms with Crippen LogP contribution in [0.15, 0.2) is 24.3 Å². The first-order valence-electron chi connectivity index (χ1n) is 6.26. The molecule has 6 nitrogen and oxygen atoms in total. The Morgan fingerprint density at radius 2 is 1.70 bits per heavy atom. The van der Waals surface area contributed by atoms with Gasteiger partial charge >= 0.3 is 5.97 Å². The van der Waals surface area contributed by atoms with Gasteiger partial charge in [0.25, 0.3) is 0 Å². The monoisotopic (exact) mass is 284 g/mol. The Hall–Kier alpha value is -1.47. The highest BCUT2D eigenvalue weighted by Gasteiger charge is 2.06. The summed E-state index contributed by atoms with van der Waals surface area (Å²) in [6.07, 6.45) is 0. The molecule has 0 bridgehead atoms. The molecule has 0 aliphatic rings. The highest BCUT2D eigenvalue weighted by Crippen LogP contribution is 2.07. The van der Waals surface area contributed by atoms with Crippen molar-refractivity contribution in [2.45, 2.75) is 6.61 Å². The molecular formula is C14H20O6. The number of hydrogen-bond donors (Lipinski definition) is 0. The van der Waals surface area contributed by atoms with Crippen molar-refractivity contribution in [1.29, 1.82) is 0 Å². The van der Waals surface area contributed by atoms with Gasteiger partial charge in [-0.3, -0.25) is 0 Å². The van der Waals surface area contributed by atoms with Crippen molar-refractivity contribution in [1.82, 2.24) is 0 Å². The fraction of sp³-hybridized carbons (Fsp3) is 0.500. The Morgan fingerprint density at radius 1 is 1.00 bits per heavy atom. The van der Waals surface area contributed by atoms with E-state index < -0.39 is 0 Å². The lowest BCUT2D eigenvalue weighted by molar-refractivity contribution is -0.282. The summed E-state index contributed by atoms with van der Waals surface area (Å²) >= 11 is 0. The number of rotatable bonds is 10. The van der Waals surface area contributed by atoms with Gasteiger partial charge in [-0.25, -0.2) is 14.6 Å². The highest BCUT2D eigenvalue weighted by atomic mass is 17.2. The molecule has 1 aromatic rings. The fourth-order valence-corrected chi connectivity index (χ4v) is 1.38. The average molecular weight is 284 g/mol. The summed E-state index contributed by atoms with van der Waals surface area (Å²) in [6, 6.07) is 6.93. The second-order valence-corrected chi connectivity index (χ2v) is 3.87. The molecule has 0 heterocycles. The van der Waals surface area contributed by atoms with Crippen LogP contribution in [0.2, 0.25) is 0 Å². The predicted octanol–water partition coefficient (Wildman–Crippen LogP) is 1.58. The van der Waals surface area contributed by atoms with Crippen LogP contribution in [0.5, 0.6) is 0 Å². The molecule has 0 saturated carbocycles. The third-order valence-corrected chi connectivity index (χ3v) is 2.43. The van der Waals surface area contributed by atoms with Crippen molar-refractivity contribution >= 4 is 5.97 Å². The molecule has 0 saturated heterocycles. The van der Waals surface area contributed by atoms with Gasteiger partial charge < -0.3 is 14.2 Å². The minimum absolute atomic E-state index is 0.219. The van der Waals surface area contributed by atoms with Gasteiger partial charge in [0.1, 0.15) is 13.2 Å². The molecule has 0 fully saturated rings. The van der Waals surface area contributed by atoms with E-state index in [4.69, 9.17) is 19.1 Å². The van der Waals surface area contributed by atoms with E-state index in [2.05, 4.69) is 4.89 Å². The topological polar surface area (TPSA) is 63.2 Å². The van der Waals surface area contributed by atoms with Gasteiger partial charge in [-0.05, 0) is 17.7 Å². The molecule has 0 spiro atoms. The molecule has 0 aromatic heterocycles. The summed E-state index contributed by atoms with van der Waals surface area (Å²) in [4.78, 5) is 21.0. The Bertz CT molecular complexity index is 376. The van der Waals surface area contributed by atoms with Gasteiger partial charge in [0.05, 0.1) is 32.5 Å². The Balaban J connectivity index is 2.25. The minimum atomic E-state index is -0.375. The van der Waals surface area contributed by atoms with Crippen molar-refractivity contribution < 1.29 is 28.8 Å². The van der Waals surface area contributed by atoms with Crippen molar-refractivity contribution in [3.8, 4) is 0 Å². The number of hydrogen-bond acceptors (Lipinski definition) is 6. The molecule has 0 amide bonds. The molecule has 0 aliphatic carbocycles. The minimum Gasteiger partial charge on any atom is -0.460 e. The largest absolute Gasteiger partial charge is 0.460 e. The van der Waals surface area contributed by atoms with Crippen LogP contribution in [0.25, 0.3) is 0 Å². The van der Waals surface area contributed by atoms with Crippen LogP contribution < -0.4 is 0 Å². The molecular weight excluding hydrogens is 264 g/mol. The molecule has 1 rings (SSSR count). The van der Waals surface area contributed by atoms with Crippen molar-refractivity contribution in [3.05, 3.63) is 35.4 Å². The van der Waals surface area contributed by atoms with Crippen LogP contribution in [0, 0.1) is 0 Å². The summed E-state index contributed by atoms with van der Waals surface area (Å²) in [7, 11) is 3.05. The molecule has 0 N–H and O–H groups in total. The number of ether oxygens (including phenoxy) is 3. The molecule has 0 atom stereocenters. The molecule has 0 radical (unpaired) electrons. The molecule has 0 aliphatic heterocycles. The van der Waals surface area contributed by atoms with Crippen LogP contribution in [0.4, 0.5) is 0 Å². The summed E-state index contributed by atoms with van der Waals surface area (Å²) < 4.78 is 15.1. The van der Waals surface area contributed by atoms with Crippen molar-refractivity contribution in [2.75, 3.05) is 40.6 Å². The van der Waals surface area contributed by atoms with E-state index in [1.807, 2.05) is 0 Å². The molecule has 0 unspecified atom stereocenters. The zero-order valence-corrected chi connectivity index (χ0v) is 11.8. The number of benzene rings is 1. The second kappa shape index (κ2) is 10.3. The molecule has 6 heteroatoms. The summed E-state index contributed by atoms with van der Waals surface area (Å²) in [6.45, 7) is 1.92. The number of carbonyl (C=O) groups excluding carboxylic acids is 1. The van der Waals surface area contributed by atoms with Gasteiger partial charge in [-0.15, -0.1) is 0 Å². The van der Waals surface area contributed by atoms with E-state index in [0.29, 0.717) is 32.0 Å². The van der Waals surface area contributed by atoms with Crippen LogP contribution in [0.3, 0.4) is 0 Å². The molecule has 112 valence electrons. The van der Waals surface area contributed by atoms with Crippen LogP contribution in [-0.4, -0.2) is 46.6 Å². The van der Waals surface area contributed by atoms with E-state index in [9.17, 15) is 4.79 Å². The van der Waals surface area contributed by atoms with Crippen LogP contribution in [0.1, 0.15) is 15.9 Å². The first-order chi connectivity index (χ1) is 9.77. The lowest BCUT2D eigenvalue weighted by Crippen LogP contribution is -2.12. The number of methoxy groups -OCH3 is 1. The first-order valence-corrected chi connectivity index (χ1v) is 6.26. The smallest absolute Gasteiger partial charge is 0.338 e. The lowest BCUT2D eigenvalue weighted by Gasteiger charge is -2.06. The van der Waals surface area contributed by atoms with E-state index >= 15 is 0 Å². The van der Waals surface area contributed by atoms with Gasteiger partial charge in [0.2, 0.25) is 0 Å². The Labute approximate surface area is 118 Å². The zero-order valence-electron chi connectivity index (χ0n) is 11.8. The van der Waals surface area contributed by atoms with Crippen molar-refractivity contribution in [3.63, 3.8) is 0 Å². The van der Waals surface area contributed by atoms with Crippen LogP contribution >= 0.6 is 0 Å². The fourth-order valence-electron chi connectivity index (χ4n) is 1.38. The maximum Gasteiger partial charge on any atom is 0.338 e. The predicted molar refractivity (Wildman–Crippen MR) is 71.2 cm³/mol. The zero-order chi connectivity index (χ0) is 14.6. The van der Waals surface area contributed by atoms with Gasteiger partial charge in [0.15, 0.2) is 0 Å². The molecule has 1 aromatic carbocycles. The van der Waals surface area contributed by atoms with Crippen molar-refractivity contribution in [2.24, 2.45) is 0 Å². The summed E-state index contributed by atoms with van der Waals surface area (Å²) in [5, 5.41) is 0. The van der Waals surface area contributed by atoms with Gasteiger partial charge in [-0.1, -0.05) is 12.1 Å². The van der Waals surface area contributed by atoms with E-state index in [-0.39, 0.29) is 12.6 Å². The third-order valence-electron chi connectivity index (χ3n) is 2.43. The Morgan fingerprint density at radius 3 is 2.35 bits per heavy atom. The average Bonchev–Trinajstić information content (AvgIpc) is 2.49. The normalized spacial score (nSPS) is 10.5. The standard InChI is InChI=1S/C14H20O6/c1-16-7-8-18-9-10-19-14(15)13-5-3-12(4-6-13)11-20-17-2/h3-6H,7-11H2,1-2H3. The highest BCUT2D eigenvalue weighted by molar-refractivity contribution is 5.89. The van der Waals surface area contributed by atoms with Gasteiger partial charge in [0, 0.05) is 7.11 Å². The Kier molecular flexibility index (Phi) is 8.57. The third kappa shape index (κ3) is 6.63. The van der Waals surface area contributed by atoms with Crippen LogP contribution in [-0.2, 0) is 30.6 Å². The number of carbonyl (C=O) groups is 1. The number of esters is 1. The maximum atomic E-state index is 11.7. The van der Waals surface area contributed by atoms with E-state index in [0.717, 1.165) is 5.56 Å². The van der Waals surface area contributed by atoms with Gasteiger partial charge in [-0.2, -0.15) is 0 Å². The van der Waals surface area contributed by atoms with E-state index in [1.54, 1.807) is 31.4 Å². The lowest BCUT2D eigenvalue weighted by atomic mass is 10.1. The SMILES string of the molecule is COCCOCCOC(=O)c1ccc(COOC)cc1. The summed E-state index contributed by atoms with van der Waals surface area (Å²) in [5.41, 5.74) is 1.40. The van der Waals surface area contributed by atoms with E-state index in [1.165, 1.54) is 7.11 Å².